The smallest absolute Gasteiger partial charge is 0.228 e. The van der Waals surface area contributed by atoms with Gasteiger partial charge in [0.15, 0.2) is 0 Å². The number of likely N-dealkylation sites (tertiary alicyclic amines) is 1. The van der Waals surface area contributed by atoms with Gasteiger partial charge in [-0.3, -0.25) is 4.79 Å². The van der Waals surface area contributed by atoms with Crippen molar-refractivity contribution in [1.29, 1.82) is 0 Å². The van der Waals surface area contributed by atoms with Crippen LogP contribution in [0.5, 0.6) is 0 Å². The van der Waals surface area contributed by atoms with Crippen molar-refractivity contribution in [3.8, 4) is 0 Å². The number of rotatable bonds is 4. The molecule has 1 amide bonds. The van der Waals surface area contributed by atoms with Crippen LogP contribution in [-0.2, 0) is 4.79 Å². The van der Waals surface area contributed by atoms with E-state index in [0.29, 0.717) is 5.91 Å². The minimum atomic E-state index is 0. The average molecular weight is 298 g/mol. The normalized spacial score (nSPS) is 20.6. The summed E-state index contributed by atoms with van der Waals surface area (Å²) in [5.41, 5.74) is 0. The number of carbonyl (C=O) groups excluding carboxylic acids is 1. The van der Waals surface area contributed by atoms with Crippen molar-refractivity contribution in [3.05, 3.63) is 0 Å². The number of carbonyl (C=O) groups is 1. The molecule has 2 saturated heterocycles. The fourth-order valence-electron chi connectivity index (χ4n) is 2.43. The SMILES string of the molecule is CCNCC1CCN(C(=O)C2CNC2)CC1.Cl.Cl. The molecular weight excluding hydrogens is 273 g/mol. The van der Waals surface area contributed by atoms with Gasteiger partial charge in [0.2, 0.25) is 5.91 Å². The summed E-state index contributed by atoms with van der Waals surface area (Å²) in [6.07, 6.45) is 2.33. The Kier molecular flexibility index (Phi) is 8.95. The number of piperidine rings is 1. The van der Waals surface area contributed by atoms with Crippen LogP contribution in [0.4, 0.5) is 0 Å². The Morgan fingerprint density at radius 1 is 1.28 bits per heavy atom. The number of hydrogen-bond donors (Lipinski definition) is 2. The standard InChI is InChI=1S/C12H23N3O.2ClH/c1-2-13-7-10-3-5-15(6-4-10)12(16)11-8-14-9-11;;/h10-11,13-14H,2-9H2,1H3;2*1H. The Balaban J connectivity index is 0.00000144. The quantitative estimate of drug-likeness (QED) is 0.810. The molecule has 2 fully saturated rings. The Bertz CT molecular complexity index is 241. The van der Waals surface area contributed by atoms with Gasteiger partial charge < -0.3 is 15.5 Å². The maximum absolute atomic E-state index is 12.0. The van der Waals surface area contributed by atoms with E-state index in [1.54, 1.807) is 0 Å². The molecule has 2 rings (SSSR count). The van der Waals surface area contributed by atoms with E-state index in [-0.39, 0.29) is 30.7 Å². The Labute approximate surface area is 122 Å². The van der Waals surface area contributed by atoms with Crippen LogP contribution in [-0.4, -0.2) is 50.1 Å². The van der Waals surface area contributed by atoms with Crippen LogP contribution >= 0.6 is 24.8 Å². The van der Waals surface area contributed by atoms with Gasteiger partial charge in [-0.25, -0.2) is 0 Å². The lowest BCUT2D eigenvalue weighted by Gasteiger charge is -2.37. The van der Waals surface area contributed by atoms with Gasteiger partial charge >= 0.3 is 0 Å². The molecule has 0 aromatic carbocycles. The predicted octanol–water partition coefficient (Wildman–Crippen LogP) is 0.897. The third-order valence-electron chi connectivity index (χ3n) is 3.74. The van der Waals surface area contributed by atoms with Crippen LogP contribution in [0, 0.1) is 11.8 Å². The van der Waals surface area contributed by atoms with Crippen LogP contribution in [0.3, 0.4) is 0 Å². The summed E-state index contributed by atoms with van der Waals surface area (Å²) < 4.78 is 0. The first-order chi connectivity index (χ1) is 7.81. The topological polar surface area (TPSA) is 44.4 Å². The number of hydrogen-bond acceptors (Lipinski definition) is 3. The van der Waals surface area contributed by atoms with E-state index in [0.717, 1.165) is 45.2 Å². The summed E-state index contributed by atoms with van der Waals surface area (Å²) in [6.45, 7) is 8.00. The molecule has 4 nitrogen and oxygen atoms in total. The molecule has 2 N–H and O–H groups in total. The van der Waals surface area contributed by atoms with Crippen molar-refractivity contribution in [1.82, 2.24) is 15.5 Å². The summed E-state index contributed by atoms with van der Waals surface area (Å²) in [7, 11) is 0. The Hall–Kier alpha value is -0.0300. The third-order valence-corrected chi connectivity index (χ3v) is 3.74. The number of amides is 1. The lowest BCUT2D eigenvalue weighted by Crippen LogP contribution is -2.53. The fourth-order valence-corrected chi connectivity index (χ4v) is 2.43. The van der Waals surface area contributed by atoms with Gasteiger partial charge in [0.25, 0.3) is 0 Å². The minimum absolute atomic E-state index is 0. The molecule has 2 aliphatic heterocycles. The molecule has 0 aromatic rings. The largest absolute Gasteiger partial charge is 0.342 e. The second-order valence-electron chi connectivity index (χ2n) is 4.93. The van der Waals surface area contributed by atoms with Crippen LogP contribution in [0.25, 0.3) is 0 Å². The molecular formula is C12H25Cl2N3O. The molecule has 2 aliphatic rings. The molecule has 6 heteroatoms. The van der Waals surface area contributed by atoms with E-state index < -0.39 is 0 Å². The second-order valence-corrected chi connectivity index (χ2v) is 4.93. The van der Waals surface area contributed by atoms with Gasteiger partial charge in [-0.05, 0) is 31.8 Å². The molecule has 0 radical (unpaired) electrons. The van der Waals surface area contributed by atoms with E-state index in [2.05, 4.69) is 22.5 Å². The van der Waals surface area contributed by atoms with Crippen LogP contribution in [0.2, 0.25) is 0 Å². The molecule has 0 bridgehead atoms. The second kappa shape index (κ2) is 8.97. The van der Waals surface area contributed by atoms with Crippen LogP contribution in [0.15, 0.2) is 0 Å². The zero-order valence-electron chi connectivity index (χ0n) is 11.0. The van der Waals surface area contributed by atoms with E-state index in [1.165, 1.54) is 12.8 Å². The maximum Gasteiger partial charge on any atom is 0.228 e. The van der Waals surface area contributed by atoms with Crippen molar-refractivity contribution in [3.63, 3.8) is 0 Å². The lowest BCUT2D eigenvalue weighted by molar-refractivity contribution is -0.138. The number of nitrogens with zero attached hydrogens (tertiary/aromatic N) is 1. The summed E-state index contributed by atoms with van der Waals surface area (Å²) in [5.74, 6) is 1.41. The van der Waals surface area contributed by atoms with Gasteiger partial charge in [-0.1, -0.05) is 6.92 Å². The van der Waals surface area contributed by atoms with E-state index >= 15 is 0 Å². The van der Waals surface area contributed by atoms with Crippen molar-refractivity contribution >= 4 is 30.7 Å². The van der Waals surface area contributed by atoms with Gasteiger partial charge in [0.1, 0.15) is 0 Å². The highest BCUT2D eigenvalue weighted by Crippen LogP contribution is 2.19. The van der Waals surface area contributed by atoms with Crippen molar-refractivity contribution in [2.75, 3.05) is 39.3 Å². The molecule has 108 valence electrons. The van der Waals surface area contributed by atoms with Crippen molar-refractivity contribution < 1.29 is 4.79 Å². The van der Waals surface area contributed by atoms with Crippen LogP contribution in [0.1, 0.15) is 19.8 Å². The lowest BCUT2D eigenvalue weighted by atomic mass is 9.94. The summed E-state index contributed by atoms with van der Waals surface area (Å²) in [6, 6.07) is 0. The first-order valence-corrected chi connectivity index (χ1v) is 6.51. The first kappa shape index (κ1) is 18.0. The predicted molar refractivity (Wildman–Crippen MR) is 78.7 cm³/mol. The number of halogens is 2. The zero-order valence-corrected chi connectivity index (χ0v) is 12.6. The monoisotopic (exact) mass is 297 g/mol. The van der Waals surface area contributed by atoms with Crippen molar-refractivity contribution in [2.45, 2.75) is 19.8 Å². The first-order valence-electron chi connectivity index (χ1n) is 6.51. The Morgan fingerprint density at radius 2 is 1.89 bits per heavy atom. The molecule has 0 aromatic heterocycles. The summed E-state index contributed by atoms with van der Waals surface area (Å²) in [4.78, 5) is 14.0. The maximum atomic E-state index is 12.0. The Morgan fingerprint density at radius 3 is 2.33 bits per heavy atom. The zero-order chi connectivity index (χ0) is 11.4. The molecule has 0 saturated carbocycles. The molecule has 0 unspecified atom stereocenters. The molecule has 0 atom stereocenters. The highest BCUT2D eigenvalue weighted by molar-refractivity contribution is 5.85. The van der Waals surface area contributed by atoms with E-state index in [4.69, 9.17) is 0 Å². The highest BCUT2D eigenvalue weighted by atomic mass is 35.5. The third kappa shape index (κ3) is 4.57. The van der Waals surface area contributed by atoms with Gasteiger partial charge in [-0.15, -0.1) is 24.8 Å². The van der Waals surface area contributed by atoms with Crippen LogP contribution < -0.4 is 10.6 Å². The molecule has 2 heterocycles. The minimum Gasteiger partial charge on any atom is -0.342 e. The molecule has 0 spiro atoms. The molecule has 0 aliphatic carbocycles. The fraction of sp³-hybridized carbons (Fsp3) is 0.917. The number of nitrogens with one attached hydrogen (secondary N) is 2. The average Bonchev–Trinajstić information content (AvgIpc) is 2.24. The van der Waals surface area contributed by atoms with Crippen molar-refractivity contribution in [2.24, 2.45) is 11.8 Å². The van der Waals surface area contributed by atoms with E-state index in [9.17, 15) is 4.79 Å². The van der Waals surface area contributed by atoms with Gasteiger partial charge in [0.05, 0.1) is 5.92 Å². The summed E-state index contributed by atoms with van der Waals surface area (Å²) in [5, 5.41) is 6.55. The van der Waals surface area contributed by atoms with E-state index in [1.807, 2.05) is 0 Å². The summed E-state index contributed by atoms with van der Waals surface area (Å²) >= 11 is 0. The molecule has 18 heavy (non-hydrogen) atoms. The van der Waals surface area contributed by atoms with Gasteiger partial charge in [0, 0.05) is 26.2 Å². The van der Waals surface area contributed by atoms with Gasteiger partial charge in [-0.2, -0.15) is 0 Å². The highest BCUT2D eigenvalue weighted by Gasteiger charge is 2.31.